The molecular weight excluding hydrogens is 360 g/mol. The number of hydrogen-bond acceptors (Lipinski definition) is 5. The van der Waals surface area contributed by atoms with Crippen molar-refractivity contribution >= 4 is 5.82 Å². The summed E-state index contributed by atoms with van der Waals surface area (Å²) in [5, 5.41) is 0. The van der Waals surface area contributed by atoms with E-state index in [1.165, 1.54) is 11.1 Å². The lowest BCUT2D eigenvalue weighted by atomic mass is 10.1. The minimum Gasteiger partial charge on any atom is -0.369 e. The number of hydrogen-bond donors (Lipinski definition) is 0. The first-order valence-electron chi connectivity index (χ1n) is 10.1. The number of benzene rings is 1. The molecule has 29 heavy (non-hydrogen) atoms. The number of pyridine rings is 2. The lowest BCUT2D eigenvalue weighted by Gasteiger charge is -2.33. The third-order valence-corrected chi connectivity index (χ3v) is 5.22. The Morgan fingerprint density at radius 3 is 2.72 bits per heavy atom. The molecule has 0 saturated carbocycles. The van der Waals surface area contributed by atoms with Gasteiger partial charge in [0.1, 0.15) is 11.9 Å². The van der Waals surface area contributed by atoms with Crippen LogP contribution < -0.4 is 4.90 Å². The average molecular weight is 389 g/mol. The Hall–Kier alpha value is -2.76. The second-order valence-corrected chi connectivity index (χ2v) is 7.69. The number of nitrogens with zero attached hydrogens (tertiary/aromatic N) is 4. The van der Waals surface area contributed by atoms with Crippen LogP contribution in [-0.4, -0.2) is 48.7 Å². The number of morpholine rings is 1. The summed E-state index contributed by atoms with van der Waals surface area (Å²) in [7, 11) is 4.08. The standard InChI is InChI=1S/C24H28N4O/c1-27(2)24-20(10-7-13-25-24)17-28-14-15-29-23(18-28)22-12-6-11-21(26-22)16-19-8-4-3-5-9-19/h3-13,23H,14-18H2,1-2H3. The molecular formula is C24H28N4O. The van der Waals surface area contributed by atoms with E-state index < -0.39 is 0 Å². The van der Waals surface area contributed by atoms with Gasteiger partial charge in [-0.25, -0.2) is 4.98 Å². The molecule has 5 nitrogen and oxygen atoms in total. The van der Waals surface area contributed by atoms with Gasteiger partial charge in [-0.05, 0) is 23.8 Å². The zero-order valence-corrected chi connectivity index (χ0v) is 17.2. The summed E-state index contributed by atoms with van der Waals surface area (Å²) in [5.41, 5.74) is 4.61. The quantitative estimate of drug-likeness (QED) is 0.644. The van der Waals surface area contributed by atoms with Crippen molar-refractivity contribution in [3.8, 4) is 0 Å². The lowest BCUT2D eigenvalue weighted by Crippen LogP contribution is -2.38. The molecule has 0 N–H and O–H groups in total. The van der Waals surface area contributed by atoms with E-state index in [-0.39, 0.29) is 6.10 Å². The molecule has 3 heterocycles. The zero-order chi connectivity index (χ0) is 20.1. The van der Waals surface area contributed by atoms with Gasteiger partial charge in [-0.2, -0.15) is 0 Å². The van der Waals surface area contributed by atoms with Crippen molar-refractivity contribution in [2.45, 2.75) is 19.1 Å². The SMILES string of the molecule is CN(C)c1ncccc1CN1CCOC(c2cccc(Cc3ccccc3)n2)C1. The minimum atomic E-state index is -0.000971. The highest BCUT2D eigenvalue weighted by Crippen LogP contribution is 2.24. The maximum absolute atomic E-state index is 6.08. The molecule has 3 aromatic rings. The number of rotatable bonds is 6. The molecule has 5 heteroatoms. The normalized spacial score (nSPS) is 17.2. The van der Waals surface area contributed by atoms with Crippen LogP contribution in [0, 0.1) is 0 Å². The van der Waals surface area contributed by atoms with Crippen LogP contribution in [0.5, 0.6) is 0 Å². The van der Waals surface area contributed by atoms with Gasteiger partial charge in [0.15, 0.2) is 0 Å². The summed E-state index contributed by atoms with van der Waals surface area (Å²) in [5.74, 6) is 1.03. The van der Waals surface area contributed by atoms with Gasteiger partial charge < -0.3 is 9.64 Å². The van der Waals surface area contributed by atoms with Gasteiger partial charge in [-0.3, -0.25) is 9.88 Å². The number of ether oxygens (including phenoxy) is 1. The molecule has 1 saturated heterocycles. The van der Waals surface area contributed by atoms with Crippen molar-refractivity contribution in [3.05, 3.63) is 89.4 Å². The molecule has 4 rings (SSSR count). The molecule has 0 amide bonds. The van der Waals surface area contributed by atoms with E-state index in [0.717, 1.165) is 43.3 Å². The summed E-state index contributed by atoms with van der Waals surface area (Å²) in [6.07, 6.45) is 2.69. The second-order valence-electron chi connectivity index (χ2n) is 7.69. The van der Waals surface area contributed by atoms with Crippen molar-refractivity contribution in [2.75, 3.05) is 38.7 Å². The summed E-state index contributed by atoms with van der Waals surface area (Å²) >= 11 is 0. The van der Waals surface area contributed by atoms with E-state index in [4.69, 9.17) is 9.72 Å². The van der Waals surface area contributed by atoms with Gasteiger partial charge in [0, 0.05) is 57.6 Å². The molecule has 1 aliphatic heterocycles. The van der Waals surface area contributed by atoms with Gasteiger partial charge in [0.25, 0.3) is 0 Å². The fourth-order valence-electron chi connectivity index (χ4n) is 3.80. The van der Waals surface area contributed by atoms with Crippen molar-refractivity contribution in [1.82, 2.24) is 14.9 Å². The molecule has 1 unspecified atom stereocenters. The van der Waals surface area contributed by atoms with Gasteiger partial charge in [-0.1, -0.05) is 42.5 Å². The van der Waals surface area contributed by atoms with E-state index in [2.05, 4.69) is 63.3 Å². The van der Waals surface area contributed by atoms with Crippen LogP contribution in [0.2, 0.25) is 0 Å². The number of aromatic nitrogens is 2. The molecule has 1 atom stereocenters. The van der Waals surface area contributed by atoms with Gasteiger partial charge >= 0.3 is 0 Å². The molecule has 0 spiro atoms. The first-order chi connectivity index (χ1) is 14.2. The Balaban J connectivity index is 1.45. The lowest BCUT2D eigenvalue weighted by molar-refractivity contribution is -0.0350. The smallest absolute Gasteiger partial charge is 0.132 e. The van der Waals surface area contributed by atoms with E-state index in [0.29, 0.717) is 6.61 Å². The summed E-state index contributed by atoms with van der Waals surface area (Å²) in [6.45, 7) is 3.34. The van der Waals surface area contributed by atoms with Crippen molar-refractivity contribution in [1.29, 1.82) is 0 Å². The van der Waals surface area contributed by atoms with E-state index >= 15 is 0 Å². The molecule has 2 aromatic heterocycles. The summed E-state index contributed by atoms with van der Waals surface area (Å²) in [4.78, 5) is 13.9. The van der Waals surface area contributed by atoms with Crippen LogP contribution in [-0.2, 0) is 17.7 Å². The maximum atomic E-state index is 6.08. The fourth-order valence-corrected chi connectivity index (χ4v) is 3.80. The summed E-state index contributed by atoms with van der Waals surface area (Å²) < 4.78 is 6.08. The first kappa shape index (κ1) is 19.6. The zero-order valence-electron chi connectivity index (χ0n) is 17.2. The molecule has 0 aliphatic carbocycles. The summed E-state index contributed by atoms with van der Waals surface area (Å²) in [6, 6.07) is 20.9. The highest BCUT2D eigenvalue weighted by atomic mass is 16.5. The van der Waals surface area contributed by atoms with Crippen molar-refractivity contribution in [2.24, 2.45) is 0 Å². The van der Waals surface area contributed by atoms with Gasteiger partial charge in [-0.15, -0.1) is 0 Å². The van der Waals surface area contributed by atoms with Crippen molar-refractivity contribution in [3.63, 3.8) is 0 Å². The average Bonchev–Trinajstić information content (AvgIpc) is 2.75. The van der Waals surface area contributed by atoms with E-state index in [1.54, 1.807) is 0 Å². The fraction of sp³-hybridized carbons (Fsp3) is 0.333. The third kappa shape index (κ3) is 5.00. The predicted octanol–water partition coefficient (Wildman–Crippen LogP) is 3.71. The minimum absolute atomic E-state index is 0.000971. The van der Waals surface area contributed by atoms with Crippen LogP contribution in [0.1, 0.15) is 28.6 Å². The predicted molar refractivity (Wildman–Crippen MR) is 116 cm³/mol. The second kappa shape index (κ2) is 9.16. The Labute approximate surface area is 173 Å². The number of anilines is 1. The Morgan fingerprint density at radius 2 is 1.90 bits per heavy atom. The van der Waals surface area contributed by atoms with Crippen LogP contribution >= 0.6 is 0 Å². The molecule has 0 bridgehead atoms. The topological polar surface area (TPSA) is 41.5 Å². The van der Waals surface area contributed by atoms with Gasteiger partial charge in [0.05, 0.1) is 12.3 Å². The third-order valence-electron chi connectivity index (χ3n) is 5.22. The molecule has 1 aromatic carbocycles. The molecule has 0 radical (unpaired) electrons. The maximum Gasteiger partial charge on any atom is 0.132 e. The first-order valence-corrected chi connectivity index (χ1v) is 10.1. The Kier molecular flexibility index (Phi) is 6.17. The Bertz CT molecular complexity index is 929. The molecule has 1 aliphatic rings. The van der Waals surface area contributed by atoms with Crippen LogP contribution in [0.15, 0.2) is 66.9 Å². The van der Waals surface area contributed by atoms with E-state index in [9.17, 15) is 0 Å². The van der Waals surface area contributed by atoms with E-state index in [1.807, 2.05) is 32.4 Å². The molecule has 1 fully saturated rings. The Morgan fingerprint density at radius 1 is 1.03 bits per heavy atom. The highest BCUT2D eigenvalue weighted by molar-refractivity contribution is 5.45. The van der Waals surface area contributed by atoms with Crippen LogP contribution in [0.3, 0.4) is 0 Å². The monoisotopic (exact) mass is 388 g/mol. The molecule has 150 valence electrons. The van der Waals surface area contributed by atoms with Crippen molar-refractivity contribution < 1.29 is 4.74 Å². The van der Waals surface area contributed by atoms with Crippen LogP contribution in [0.4, 0.5) is 5.82 Å². The highest BCUT2D eigenvalue weighted by Gasteiger charge is 2.24. The van der Waals surface area contributed by atoms with Crippen LogP contribution in [0.25, 0.3) is 0 Å². The largest absolute Gasteiger partial charge is 0.369 e. The van der Waals surface area contributed by atoms with Gasteiger partial charge in [0.2, 0.25) is 0 Å².